The number of carbonyl (C=O) groups excluding carboxylic acids is 1. The first-order valence-electron chi connectivity index (χ1n) is 4.43. The van der Waals surface area contributed by atoms with Crippen molar-refractivity contribution in [2.24, 2.45) is 5.41 Å². The predicted octanol–water partition coefficient (Wildman–Crippen LogP) is 3.16. The molecule has 1 aliphatic carbocycles. The van der Waals surface area contributed by atoms with E-state index in [4.69, 9.17) is 23.2 Å². The Morgan fingerprint density at radius 2 is 1.86 bits per heavy atom. The maximum atomic E-state index is 10.9. The second kappa shape index (κ2) is 2.98. The monoisotopic (exact) mass is 228 g/mol. The van der Waals surface area contributed by atoms with E-state index in [2.05, 4.69) is 0 Å². The maximum Gasteiger partial charge on any atom is 0.138 e. The minimum Gasteiger partial charge on any atom is -0.303 e. The van der Waals surface area contributed by atoms with Gasteiger partial charge in [-0.2, -0.15) is 0 Å². The van der Waals surface area contributed by atoms with Crippen molar-refractivity contribution in [1.82, 2.24) is 0 Å². The average molecular weight is 229 g/mol. The molecule has 1 aromatic rings. The smallest absolute Gasteiger partial charge is 0.138 e. The van der Waals surface area contributed by atoms with Crippen molar-refractivity contribution in [2.75, 3.05) is 0 Å². The van der Waals surface area contributed by atoms with Crippen molar-refractivity contribution >= 4 is 29.5 Å². The van der Waals surface area contributed by atoms with Gasteiger partial charge in [-0.25, -0.2) is 0 Å². The van der Waals surface area contributed by atoms with Crippen LogP contribution in [0.4, 0.5) is 0 Å². The van der Waals surface area contributed by atoms with Crippen LogP contribution in [0.25, 0.3) is 0 Å². The average Bonchev–Trinajstić information content (AvgIpc) is 2.63. The molecule has 0 saturated heterocycles. The van der Waals surface area contributed by atoms with E-state index in [9.17, 15) is 4.79 Å². The third-order valence-electron chi connectivity index (χ3n) is 2.97. The molecule has 0 spiro atoms. The van der Waals surface area contributed by atoms with Gasteiger partial charge < -0.3 is 4.79 Å². The maximum absolute atomic E-state index is 10.9. The molecule has 3 heteroatoms. The Bertz CT molecular complexity index is 361. The summed E-state index contributed by atoms with van der Waals surface area (Å²) >= 11 is 12.2. The number of carbonyl (C=O) groups is 1. The topological polar surface area (TPSA) is 17.1 Å². The van der Waals surface area contributed by atoms with Crippen LogP contribution < -0.4 is 0 Å². The van der Waals surface area contributed by atoms with Crippen molar-refractivity contribution in [2.45, 2.75) is 17.2 Å². The van der Waals surface area contributed by atoms with E-state index in [1.165, 1.54) is 0 Å². The summed E-state index contributed by atoms with van der Waals surface area (Å²) in [5.74, 6) is -0.0861. The third kappa shape index (κ3) is 1.12. The van der Waals surface area contributed by atoms with E-state index in [1.54, 1.807) is 6.92 Å². The van der Waals surface area contributed by atoms with Crippen LogP contribution >= 0.6 is 23.2 Å². The summed E-state index contributed by atoms with van der Waals surface area (Å²) in [5, 5.41) is 0. The lowest BCUT2D eigenvalue weighted by Gasteiger charge is -1.99. The molecule has 1 aliphatic rings. The van der Waals surface area contributed by atoms with Gasteiger partial charge in [0, 0.05) is 5.92 Å². The second-order valence-corrected chi connectivity index (χ2v) is 5.25. The van der Waals surface area contributed by atoms with Gasteiger partial charge in [-0.15, -0.1) is 0 Å². The number of aldehydes is 1. The number of rotatable bonds is 2. The minimum absolute atomic E-state index is 0.0861. The molecule has 0 unspecified atom stereocenters. The quantitative estimate of drug-likeness (QED) is 0.562. The van der Waals surface area contributed by atoms with E-state index in [1.807, 2.05) is 30.3 Å². The highest BCUT2D eigenvalue weighted by Crippen LogP contribution is 2.72. The minimum atomic E-state index is -0.948. The number of hydrogen-bond donors (Lipinski definition) is 0. The largest absolute Gasteiger partial charge is 0.303 e. The number of alkyl halides is 2. The van der Waals surface area contributed by atoms with Crippen LogP contribution in [0.15, 0.2) is 30.3 Å². The predicted molar refractivity (Wildman–Crippen MR) is 57.8 cm³/mol. The summed E-state index contributed by atoms with van der Waals surface area (Å²) < 4.78 is -0.948. The first-order chi connectivity index (χ1) is 6.54. The Kier molecular flexibility index (Phi) is 2.13. The van der Waals surface area contributed by atoms with E-state index in [-0.39, 0.29) is 5.92 Å². The van der Waals surface area contributed by atoms with E-state index in [0.29, 0.717) is 0 Å². The SMILES string of the molecule is C[C@@]1(C=O)[C@@H](c2ccccc2)C1(Cl)Cl. The molecule has 2 atom stereocenters. The van der Waals surface area contributed by atoms with Crippen LogP contribution in [0.1, 0.15) is 18.4 Å². The normalized spacial score (nSPS) is 33.8. The van der Waals surface area contributed by atoms with Gasteiger partial charge in [-0.1, -0.05) is 53.5 Å². The van der Waals surface area contributed by atoms with Crippen LogP contribution in [0.5, 0.6) is 0 Å². The number of hydrogen-bond acceptors (Lipinski definition) is 1. The molecule has 0 bridgehead atoms. The van der Waals surface area contributed by atoms with Crippen LogP contribution in [0, 0.1) is 5.41 Å². The summed E-state index contributed by atoms with van der Waals surface area (Å²) in [6.07, 6.45) is 0.852. The highest BCUT2D eigenvalue weighted by molar-refractivity contribution is 6.53. The van der Waals surface area contributed by atoms with Gasteiger partial charge in [-0.3, -0.25) is 0 Å². The molecule has 0 radical (unpaired) electrons. The highest BCUT2D eigenvalue weighted by atomic mass is 35.5. The molecule has 74 valence electrons. The fourth-order valence-corrected chi connectivity index (χ4v) is 2.80. The van der Waals surface area contributed by atoms with Gasteiger partial charge in [0.1, 0.15) is 10.6 Å². The van der Waals surface area contributed by atoms with Crippen LogP contribution in [0.2, 0.25) is 0 Å². The molecule has 14 heavy (non-hydrogen) atoms. The standard InChI is InChI=1S/C11H10Cl2O/c1-10(7-14)9(11(10,12)13)8-5-3-2-4-6-8/h2-7,9H,1H3/t9-,10-/m1/s1. The molecule has 0 aliphatic heterocycles. The van der Waals surface area contributed by atoms with E-state index < -0.39 is 9.75 Å². The molecule has 1 fully saturated rings. The van der Waals surface area contributed by atoms with Gasteiger partial charge in [0.2, 0.25) is 0 Å². The molecular formula is C11H10Cl2O. The molecule has 1 saturated carbocycles. The zero-order valence-electron chi connectivity index (χ0n) is 7.71. The van der Waals surface area contributed by atoms with E-state index in [0.717, 1.165) is 11.8 Å². The van der Waals surface area contributed by atoms with Crippen molar-refractivity contribution in [3.63, 3.8) is 0 Å². The van der Waals surface area contributed by atoms with Crippen molar-refractivity contribution in [3.05, 3.63) is 35.9 Å². The summed E-state index contributed by atoms with van der Waals surface area (Å²) in [6.45, 7) is 1.79. The lowest BCUT2D eigenvalue weighted by molar-refractivity contribution is -0.111. The Morgan fingerprint density at radius 3 is 2.29 bits per heavy atom. The molecule has 1 nitrogen and oxygen atoms in total. The zero-order valence-corrected chi connectivity index (χ0v) is 9.22. The lowest BCUT2D eigenvalue weighted by Crippen LogP contribution is -2.04. The van der Waals surface area contributed by atoms with Gasteiger partial charge in [-0.05, 0) is 12.5 Å². The van der Waals surface area contributed by atoms with Gasteiger partial charge in [0.25, 0.3) is 0 Å². The molecule has 1 aromatic carbocycles. The van der Waals surface area contributed by atoms with Gasteiger partial charge in [0.15, 0.2) is 0 Å². The summed E-state index contributed by atoms with van der Waals surface area (Å²) in [7, 11) is 0. The Hall–Kier alpha value is -0.530. The fraction of sp³-hybridized carbons (Fsp3) is 0.364. The fourth-order valence-electron chi connectivity index (χ4n) is 1.90. The Morgan fingerprint density at radius 1 is 1.29 bits per heavy atom. The lowest BCUT2D eigenvalue weighted by atomic mass is 10.0. The molecular weight excluding hydrogens is 219 g/mol. The van der Waals surface area contributed by atoms with Crippen LogP contribution in [-0.2, 0) is 4.79 Å². The number of halogens is 2. The van der Waals surface area contributed by atoms with Crippen LogP contribution in [-0.4, -0.2) is 10.6 Å². The summed E-state index contributed by atoms with van der Waals surface area (Å²) in [6, 6.07) is 9.65. The molecule has 0 N–H and O–H groups in total. The molecule has 0 aromatic heterocycles. The van der Waals surface area contributed by atoms with Gasteiger partial charge in [0.05, 0.1) is 5.41 Å². The molecule has 0 amide bonds. The second-order valence-electron chi connectivity index (χ2n) is 3.87. The van der Waals surface area contributed by atoms with E-state index >= 15 is 0 Å². The van der Waals surface area contributed by atoms with Crippen molar-refractivity contribution in [1.29, 1.82) is 0 Å². The zero-order chi connectivity index (χ0) is 10.4. The molecule has 0 heterocycles. The third-order valence-corrected chi connectivity index (χ3v) is 4.23. The first kappa shape index (κ1) is 10.0. The van der Waals surface area contributed by atoms with Crippen molar-refractivity contribution < 1.29 is 4.79 Å². The summed E-state index contributed by atoms with van der Waals surface area (Å²) in [5.41, 5.74) is 0.379. The van der Waals surface area contributed by atoms with Crippen molar-refractivity contribution in [3.8, 4) is 0 Å². The van der Waals surface area contributed by atoms with Gasteiger partial charge >= 0.3 is 0 Å². The first-order valence-corrected chi connectivity index (χ1v) is 5.18. The highest BCUT2D eigenvalue weighted by Gasteiger charge is 2.73. The Labute approximate surface area is 93.0 Å². The Balaban J connectivity index is 2.37. The number of benzene rings is 1. The molecule has 2 rings (SSSR count). The van der Waals surface area contributed by atoms with Crippen LogP contribution in [0.3, 0.4) is 0 Å². The summed E-state index contributed by atoms with van der Waals surface area (Å²) in [4.78, 5) is 10.9.